The number of carbonyl (C=O) groups excluding carboxylic acids is 1. The predicted molar refractivity (Wildman–Crippen MR) is 98.9 cm³/mol. The van der Waals surface area contributed by atoms with Gasteiger partial charge < -0.3 is 14.4 Å². The molecule has 8 nitrogen and oxygen atoms in total. The molecule has 9 heteroatoms. The quantitative estimate of drug-likeness (QED) is 0.590. The summed E-state index contributed by atoms with van der Waals surface area (Å²) in [7, 11) is 0. The molecular weight excluding hydrogens is 370 g/mol. The second-order valence-electron chi connectivity index (χ2n) is 6.51. The van der Waals surface area contributed by atoms with Gasteiger partial charge in [-0.2, -0.15) is 0 Å². The fraction of sp³-hybridized carbons (Fsp3) is 0.389. The fourth-order valence-corrected chi connectivity index (χ4v) is 4.10. The van der Waals surface area contributed by atoms with E-state index in [0.717, 1.165) is 10.4 Å². The highest BCUT2D eigenvalue weighted by atomic mass is 32.1. The number of amides is 1. The maximum Gasteiger partial charge on any atom is 0.270 e. The molecule has 3 heterocycles. The highest BCUT2D eigenvalue weighted by Gasteiger charge is 2.26. The number of piperazine rings is 1. The molecule has 27 heavy (non-hydrogen) atoms. The summed E-state index contributed by atoms with van der Waals surface area (Å²) in [4.78, 5) is 28.1. The van der Waals surface area contributed by atoms with Crippen LogP contribution >= 0.6 is 11.3 Å². The van der Waals surface area contributed by atoms with Crippen LogP contribution in [0.2, 0.25) is 0 Å². The number of ether oxygens (including phenoxy) is 2. The van der Waals surface area contributed by atoms with Crippen molar-refractivity contribution < 1.29 is 19.2 Å². The number of benzene rings is 1. The Kier molecular flexibility index (Phi) is 5.06. The van der Waals surface area contributed by atoms with E-state index in [1.54, 1.807) is 6.07 Å². The van der Waals surface area contributed by atoms with Crippen molar-refractivity contribution in [2.75, 3.05) is 33.0 Å². The normalized spacial score (nSPS) is 17.3. The summed E-state index contributed by atoms with van der Waals surface area (Å²) in [5, 5.41) is 13.1. The molecule has 142 valence electrons. The molecule has 0 spiro atoms. The third-order valence-corrected chi connectivity index (χ3v) is 5.63. The SMILES string of the molecule is O=C(c1cccs1)N1CCN(Cc2cc([N+](=O)[O-])cc3c2OCOC3)CC1. The number of nitrogens with zero attached hydrogens (tertiary/aromatic N) is 3. The van der Waals surface area contributed by atoms with Gasteiger partial charge in [-0.1, -0.05) is 6.07 Å². The molecule has 1 fully saturated rings. The van der Waals surface area contributed by atoms with Crippen LogP contribution in [0.5, 0.6) is 5.75 Å². The molecule has 0 saturated carbocycles. The van der Waals surface area contributed by atoms with E-state index >= 15 is 0 Å². The topological polar surface area (TPSA) is 85.2 Å². The van der Waals surface area contributed by atoms with Crippen LogP contribution in [0.4, 0.5) is 5.69 Å². The molecular formula is C18H19N3O5S. The summed E-state index contributed by atoms with van der Waals surface area (Å²) in [6.45, 7) is 3.71. The number of hydrogen-bond acceptors (Lipinski definition) is 7. The smallest absolute Gasteiger partial charge is 0.270 e. The molecule has 0 aliphatic carbocycles. The average Bonchev–Trinajstić information content (AvgIpc) is 3.22. The number of carbonyl (C=O) groups is 1. The van der Waals surface area contributed by atoms with E-state index in [9.17, 15) is 14.9 Å². The van der Waals surface area contributed by atoms with E-state index in [-0.39, 0.29) is 18.4 Å². The van der Waals surface area contributed by atoms with Gasteiger partial charge in [-0.3, -0.25) is 19.8 Å². The minimum atomic E-state index is -0.393. The maximum absolute atomic E-state index is 12.4. The van der Waals surface area contributed by atoms with Gasteiger partial charge in [0.25, 0.3) is 11.6 Å². The summed E-state index contributed by atoms with van der Waals surface area (Å²) in [6, 6.07) is 6.81. The number of nitro groups is 1. The van der Waals surface area contributed by atoms with Gasteiger partial charge in [0.1, 0.15) is 5.75 Å². The average molecular weight is 389 g/mol. The molecule has 0 bridgehead atoms. The van der Waals surface area contributed by atoms with Gasteiger partial charge in [-0.15, -0.1) is 11.3 Å². The largest absolute Gasteiger partial charge is 0.467 e. The fourth-order valence-electron chi connectivity index (χ4n) is 3.41. The summed E-state index contributed by atoms with van der Waals surface area (Å²) in [6.07, 6.45) is 0. The van der Waals surface area contributed by atoms with E-state index in [1.165, 1.54) is 17.4 Å². The third-order valence-electron chi connectivity index (χ3n) is 4.77. The van der Waals surface area contributed by atoms with Crippen molar-refractivity contribution in [3.63, 3.8) is 0 Å². The van der Waals surface area contributed by atoms with Crippen molar-refractivity contribution in [2.24, 2.45) is 0 Å². The van der Waals surface area contributed by atoms with Gasteiger partial charge >= 0.3 is 0 Å². The minimum absolute atomic E-state index is 0.0457. The molecule has 0 radical (unpaired) electrons. The Balaban J connectivity index is 1.45. The Bertz CT molecular complexity index is 847. The lowest BCUT2D eigenvalue weighted by Crippen LogP contribution is -2.48. The lowest BCUT2D eigenvalue weighted by atomic mass is 10.1. The van der Waals surface area contributed by atoms with Crippen LogP contribution in [-0.2, 0) is 17.9 Å². The summed E-state index contributed by atoms with van der Waals surface area (Å²) >= 11 is 1.45. The molecule has 2 aliphatic heterocycles. The first kappa shape index (κ1) is 17.9. The number of thiophene rings is 1. The molecule has 0 unspecified atom stereocenters. The second kappa shape index (κ2) is 7.63. The molecule has 1 saturated heterocycles. The van der Waals surface area contributed by atoms with Crippen LogP contribution in [0.3, 0.4) is 0 Å². The molecule has 2 aliphatic rings. The van der Waals surface area contributed by atoms with E-state index in [2.05, 4.69) is 4.90 Å². The van der Waals surface area contributed by atoms with Gasteiger partial charge in [0.15, 0.2) is 6.79 Å². The molecule has 1 aromatic heterocycles. The Morgan fingerprint density at radius 3 is 2.78 bits per heavy atom. The Morgan fingerprint density at radius 1 is 1.26 bits per heavy atom. The molecule has 1 aromatic carbocycles. The van der Waals surface area contributed by atoms with Crippen LogP contribution < -0.4 is 4.74 Å². The van der Waals surface area contributed by atoms with E-state index in [0.29, 0.717) is 50.6 Å². The molecule has 4 rings (SSSR count). The predicted octanol–water partition coefficient (Wildman–Crippen LogP) is 2.48. The van der Waals surface area contributed by atoms with Crippen LogP contribution in [0, 0.1) is 10.1 Å². The van der Waals surface area contributed by atoms with Crippen molar-refractivity contribution in [3.8, 4) is 5.75 Å². The second-order valence-corrected chi connectivity index (χ2v) is 7.45. The van der Waals surface area contributed by atoms with Crippen LogP contribution in [0.25, 0.3) is 0 Å². The number of hydrogen-bond donors (Lipinski definition) is 0. The lowest BCUT2D eigenvalue weighted by molar-refractivity contribution is -0.385. The van der Waals surface area contributed by atoms with Gasteiger partial charge in [-0.25, -0.2) is 0 Å². The lowest BCUT2D eigenvalue weighted by Gasteiger charge is -2.35. The number of non-ortho nitro benzene ring substituents is 1. The van der Waals surface area contributed by atoms with Crippen molar-refractivity contribution >= 4 is 22.9 Å². The Hall–Kier alpha value is -2.49. The van der Waals surface area contributed by atoms with Crippen LogP contribution in [-0.4, -0.2) is 53.6 Å². The molecule has 1 amide bonds. The van der Waals surface area contributed by atoms with Crippen molar-refractivity contribution in [1.82, 2.24) is 9.80 Å². The van der Waals surface area contributed by atoms with Crippen molar-refractivity contribution in [1.29, 1.82) is 0 Å². The van der Waals surface area contributed by atoms with Gasteiger partial charge in [0.05, 0.1) is 16.4 Å². The maximum atomic E-state index is 12.4. The Morgan fingerprint density at radius 2 is 2.07 bits per heavy atom. The van der Waals surface area contributed by atoms with E-state index in [4.69, 9.17) is 9.47 Å². The number of nitro benzene ring substituents is 1. The minimum Gasteiger partial charge on any atom is -0.467 e. The van der Waals surface area contributed by atoms with Gasteiger partial charge in [0.2, 0.25) is 0 Å². The van der Waals surface area contributed by atoms with Crippen LogP contribution in [0.1, 0.15) is 20.8 Å². The van der Waals surface area contributed by atoms with Crippen LogP contribution in [0.15, 0.2) is 29.6 Å². The first-order valence-electron chi connectivity index (χ1n) is 8.67. The zero-order chi connectivity index (χ0) is 18.8. The van der Waals surface area contributed by atoms with E-state index in [1.807, 2.05) is 22.4 Å². The number of fused-ring (bicyclic) bond motifs is 1. The van der Waals surface area contributed by atoms with Crippen molar-refractivity contribution in [3.05, 3.63) is 55.8 Å². The van der Waals surface area contributed by atoms with Crippen molar-refractivity contribution in [2.45, 2.75) is 13.2 Å². The Labute approximate surface area is 160 Å². The highest BCUT2D eigenvalue weighted by Crippen LogP contribution is 2.33. The van der Waals surface area contributed by atoms with E-state index < -0.39 is 4.92 Å². The zero-order valence-corrected chi connectivity index (χ0v) is 15.4. The number of rotatable bonds is 4. The van der Waals surface area contributed by atoms with Gasteiger partial charge in [-0.05, 0) is 11.4 Å². The summed E-state index contributed by atoms with van der Waals surface area (Å²) in [5.41, 5.74) is 1.54. The van der Waals surface area contributed by atoms with Gasteiger partial charge in [0, 0.05) is 56.0 Å². The zero-order valence-electron chi connectivity index (χ0n) is 14.6. The summed E-state index contributed by atoms with van der Waals surface area (Å²) < 4.78 is 10.9. The summed E-state index contributed by atoms with van der Waals surface area (Å²) in [5.74, 6) is 0.752. The monoisotopic (exact) mass is 389 g/mol. The first-order chi connectivity index (χ1) is 13.1. The molecule has 0 N–H and O–H groups in total. The highest BCUT2D eigenvalue weighted by molar-refractivity contribution is 7.12. The third kappa shape index (κ3) is 3.80. The molecule has 0 atom stereocenters. The first-order valence-corrected chi connectivity index (χ1v) is 9.55. The molecule has 2 aromatic rings. The standard InChI is InChI=1S/C18H19N3O5S/c22-18(16-2-1-7-27-16)20-5-3-19(4-6-20)10-13-8-15(21(23)24)9-14-11-25-12-26-17(13)14/h1-2,7-9H,3-6,10-12H2.